The first-order chi connectivity index (χ1) is 11.7. The van der Waals surface area contributed by atoms with Crippen LogP contribution in [0.1, 0.15) is 13.8 Å². The number of aromatic nitrogens is 1. The zero-order valence-electron chi connectivity index (χ0n) is 13.8. The van der Waals surface area contributed by atoms with Crippen LogP contribution in [0.2, 0.25) is 5.02 Å². The SMILES string of the molecule is CC(C)Oc1cc2c(cc1Cl)S(=O)(=O)N(c1ccccn1)C(=O)N2C. The maximum absolute atomic E-state index is 13.0. The summed E-state index contributed by atoms with van der Waals surface area (Å²) in [5, 5.41) is 0.153. The number of hydrogen-bond acceptors (Lipinski definition) is 5. The summed E-state index contributed by atoms with van der Waals surface area (Å²) in [4.78, 5) is 17.8. The van der Waals surface area contributed by atoms with Crippen LogP contribution in [-0.4, -0.2) is 32.6 Å². The van der Waals surface area contributed by atoms with E-state index >= 15 is 0 Å². The van der Waals surface area contributed by atoms with Crippen LogP contribution in [0.25, 0.3) is 0 Å². The van der Waals surface area contributed by atoms with Crippen LogP contribution in [0.5, 0.6) is 5.75 Å². The molecule has 1 aromatic heterocycles. The fourth-order valence-electron chi connectivity index (χ4n) is 2.47. The van der Waals surface area contributed by atoms with Gasteiger partial charge in [0.1, 0.15) is 10.6 Å². The molecular weight excluding hydrogens is 366 g/mol. The Morgan fingerprint density at radius 1 is 1.24 bits per heavy atom. The van der Waals surface area contributed by atoms with Gasteiger partial charge in [-0.1, -0.05) is 17.7 Å². The minimum Gasteiger partial charge on any atom is -0.489 e. The van der Waals surface area contributed by atoms with Crippen LogP contribution < -0.4 is 13.9 Å². The van der Waals surface area contributed by atoms with Gasteiger partial charge < -0.3 is 4.74 Å². The Balaban J connectivity index is 2.20. The Morgan fingerprint density at radius 3 is 2.56 bits per heavy atom. The number of fused-ring (bicyclic) bond motifs is 1. The smallest absolute Gasteiger partial charge is 0.344 e. The van der Waals surface area contributed by atoms with Crippen molar-refractivity contribution in [3.8, 4) is 5.75 Å². The first-order valence-corrected chi connectivity index (χ1v) is 9.29. The van der Waals surface area contributed by atoms with Crippen molar-refractivity contribution in [1.29, 1.82) is 0 Å². The number of sulfonamides is 1. The quantitative estimate of drug-likeness (QED) is 0.815. The molecule has 0 unspecified atom stereocenters. The van der Waals surface area contributed by atoms with Gasteiger partial charge in [-0.05, 0) is 32.0 Å². The van der Waals surface area contributed by atoms with Crippen molar-refractivity contribution in [3.63, 3.8) is 0 Å². The monoisotopic (exact) mass is 381 g/mol. The van der Waals surface area contributed by atoms with Crippen LogP contribution in [0.4, 0.5) is 16.3 Å². The van der Waals surface area contributed by atoms with Gasteiger partial charge in [0.15, 0.2) is 5.82 Å². The first kappa shape index (κ1) is 17.5. The maximum Gasteiger partial charge on any atom is 0.344 e. The van der Waals surface area contributed by atoms with Gasteiger partial charge in [0.2, 0.25) is 0 Å². The topological polar surface area (TPSA) is 79.8 Å². The molecule has 1 aromatic carbocycles. The van der Waals surface area contributed by atoms with Crippen molar-refractivity contribution in [2.45, 2.75) is 24.8 Å². The molecule has 0 atom stereocenters. The Morgan fingerprint density at radius 2 is 1.96 bits per heavy atom. The predicted octanol–water partition coefficient (Wildman–Crippen LogP) is 3.29. The van der Waals surface area contributed by atoms with Gasteiger partial charge >= 0.3 is 6.03 Å². The van der Waals surface area contributed by atoms with Crippen molar-refractivity contribution >= 4 is 39.2 Å². The van der Waals surface area contributed by atoms with Gasteiger partial charge in [-0.15, -0.1) is 0 Å². The van der Waals surface area contributed by atoms with Crippen molar-refractivity contribution in [1.82, 2.24) is 4.98 Å². The summed E-state index contributed by atoms with van der Waals surface area (Å²) in [5.41, 5.74) is 0.206. The zero-order valence-corrected chi connectivity index (χ0v) is 15.4. The Hall–Kier alpha value is -2.32. The summed E-state index contributed by atoms with van der Waals surface area (Å²) in [6.45, 7) is 3.65. The molecule has 1 aliphatic heterocycles. The molecule has 2 aromatic rings. The second-order valence-electron chi connectivity index (χ2n) is 5.72. The van der Waals surface area contributed by atoms with Crippen LogP contribution in [0, 0.1) is 0 Å². The number of anilines is 2. The highest BCUT2D eigenvalue weighted by Gasteiger charge is 2.42. The molecule has 25 heavy (non-hydrogen) atoms. The van der Waals surface area contributed by atoms with Crippen molar-refractivity contribution < 1.29 is 17.9 Å². The summed E-state index contributed by atoms with van der Waals surface area (Å²) < 4.78 is 32.2. The van der Waals surface area contributed by atoms with Gasteiger partial charge in [-0.3, -0.25) is 4.90 Å². The summed E-state index contributed by atoms with van der Waals surface area (Å²) in [7, 11) is -2.66. The molecule has 1 aliphatic rings. The molecule has 2 amide bonds. The maximum atomic E-state index is 13.0. The molecule has 0 saturated carbocycles. The summed E-state index contributed by atoms with van der Waals surface area (Å²) >= 11 is 6.18. The van der Waals surface area contributed by atoms with E-state index in [1.165, 1.54) is 36.3 Å². The molecule has 0 spiro atoms. The Bertz CT molecular complexity index is 932. The molecule has 0 aliphatic carbocycles. The number of nitrogens with zero attached hydrogens (tertiary/aromatic N) is 3. The number of rotatable bonds is 3. The number of halogens is 1. The number of hydrogen-bond donors (Lipinski definition) is 0. The number of carbonyl (C=O) groups is 1. The molecule has 0 saturated heterocycles. The van der Waals surface area contributed by atoms with E-state index in [9.17, 15) is 13.2 Å². The molecule has 132 valence electrons. The molecule has 2 heterocycles. The Labute approximate surface area is 150 Å². The lowest BCUT2D eigenvalue weighted by Crippen LogP contribution is -2.49. The van der Waals surface area contributed by atoms with E-state index in [0.29, 0.717) is 10.1 Å². The predicted molar refractivity (Wildman–Crippen MR) is 94.9 cm³/mol. The lowest BCUT2D eigenvalue weighted by molar-refractivity contribution is 0.242. The van der Waals surface area contributed by atoms with Crippen LogP contribution in [-0.2, 0) is 10.0 Å². The normalized spacial score (nSPS) is 16.1. The average molecular weight is 382 g/mol. The fraction of sp³-hybridized carbons (Fsp3) is 0.250. The lowest BCUT2D eigenvalue weighted by atomic mass is 10.2. The summed E-state index contributed by atoms with van der Waals surface area (Å²) in [5.74, 6) is 0.334. The number of benzene rings is 1. The molecule has 0 fully saturated rings. The number of carbonyl (C=O) groups excluding carboxylic acids is 1. The van der Waals surface area contributed by atoms with Crippen LogP contribution in [0.15, 0.2) is 41.4 Å². The molecule has 0 radical (unpaired) electrons. The molecule has 7 nitrogen and oxygen atoms in total. The number of ether oxygens (including phenoxy) is 1. The van der Waals surface area contributed by atoms with Gasteiger partial charge in [-0.25, -0.2) is 18.2 Å². The third kappa shape index (κ3) is 2.91. The van der Waals surface area contributed by atoms with E-state index in [4.69, 9.17) is 16.3 Å². The summed E-state index contributed by atoms with van der Waals surface area (Å²) in [6.07, 6.45) is 1.27. The fourth-order valence-corrected chi connectivity index (χ4v) is 4.35. The van der Waals surface area contributed by atoms with E-state index in [1.54, 1.807) is 12.1 Å². The van der Waals surface area contributed by atoms with E-state index in [-0.39, 0.29) is 27.5 Å². The molecule has 0 bridgehead atoms. The van der Waals surface area contributed by atoms with Crippen molar-refractivity contribution in [3.05, 3.63) is 41.6 Å². The minimum absolute atomic E-state index is 0.0172. The van der Waals surface area contributed by atoms with Crippen molar-refractivity contribution in [2.75, 3.05) is 16.3 Å². The molecule has 0 N–H and O–H groups in total. The van der Waals surface area contributed by atoms with Gasteiger partial charge in [0.05, 0.1) is 16.8 Å². The lowest BCUT2D eigenvalue weighted by Gasteiger charge is -2.33. The standard InChI is InChI=1S/C16H16ClN3O4S/c1-10(2)24-13-9-12-14(8-11(13)17)25(22,23)20(16(21)19(12)3)15-6-4-5-7-18-15/h4-10H,1-3H3. The highest BCUT2D eigenvalue weighted by Crippen LogP contribution is 2.41. The third-order valence-corrected chi connectivity index (χ3v) is 5.58. The number of amides is 2. The largest absolute Gasteiger partial charge is 0.489 e. The van der Waals surface area contributed by atoms with Crippen molar-refractivity contribution in [2.24, 2.45) is 0 Å². The second kappa shape index (κ2) is 6.20. The van der Waals surface area contributed by atoms with Crippen LogP contribution in [0.3, 0.4) is 0 Å². The zero-order chi connectivity index (χ0) is 18.4. The highest BCUT2D eigenvalue weighted by atomic mass is 35.5. The van der Waals surface area contributed by atoms with E-state index in [1.807, 2.05) is 13.8 Å². The number of urea groups is 1. The van der Waals surface area contributed by atoms with E-state index in [2.05, 4.69) is 4.98 Å². The van der Waals surface area contributed by atoms with E-state index < -0.39 is 16.1 Å². The first-order valence-electron chi connectivity index (χ1n) is 7.47. The third-order valence-electron chi connectivity index (χ3n) is 3.57. The highest BCUT2D eigenvalue weighted by molar-refractivity contribution is 7.94. The molecular formula is C16H16ClN3O4S. The van der Waals surface area contributed by atoms with Gasteiger partial charge in [0, 0.05) is 19.3 Å². The molecule has 3 rings (SSSR count). The minimum atomic E-state index is -4.15. The van der Waals surface area contributed by atoms with E-state index in [0.717, 1.165) is 0 Å². The average Bonchev–Trinajstić information content (AvgIpc) is 2.55. The van der Waals surface area contributed by atoms with Gasteiger partial charge in [-0.2, -0.15) is 4.31 Å². The molecule has 9 heteroatoms. The summed E-state index contributed by atoms with van der Waals surface area (Å²) in [6, 6.07) is 6.71. The Kier molecular flexibility index (Phi) is 4.34. The van der Waals surface area contributed by atoms with Gasteiger partial charge in [0.25, 0.3) is 10.0 Å². The number of pyridine rings is 1. The van der Waals surface area contributed by atoms with Crippen LogP contribution >= 0.6 is 11.6 Å². The second-order valence-corrected chi connectivity index (χ2v) is 7.88.